The van der Waals surface area contributed by atoms with E-state index in [4.69, 9.17) is 24.4 Å². The summed E-state index contributed by atoms with van der Waals surface area (Å²) in [6.45, 7) is 0. The highest BCUT2D eigenvalue weighted by Crippen LogP contribution is 2.15. The molecule has 0 aliphatic rings. The van der Waals surface area contributed by atoms with Crippen LogP contribution in [0.2, 0.25) is 0 Å². The summed E-state index contributed by atoms with van der Waals surface area (Å²) >= 11 is 9.87. The van der Waals surface area contributed by atoms with Gasteiger partial charge in [-0.25, -0.2) is 0 Å². The molecule has 0 aliphatic carbocycles. The average Bonchev–Trinajstić information content (AvgIpc) is 2.67. The number of nitrogens with one attached hydrogen (secondary N) is 2. The monoisotopic (exact) mass is 281 g/mol. The van der Waals surface area contributed by atoms with Crippen LogP contribution in [-0.4, -0.2) is 26.0 Å². The number of hydrogen-bond donors (Lipinski definition) is 2. The summed E-state index contributed by atoms with van der Waals surface area (Å²) in [5.41, 5.74) is 0.346. The third-order valence-corrected chi connectivity index (χ3v) is 2.66. The normalized spacial score (nSPS) is 10.9. The van der Waals surface area contributed by atoms with E-state index < -0.39 is 4.92 Å². The molecule has 7 nitrogen and oxygen atoms in total. The fraction of sp³-hybridized carbons (Fsp3) is 0. The van der Waals surface area contributed by atoms with Gasteiger partial charge in [0.1, 0.15) is 0 Å². The third-order valence-electron chi connectivity index (χ3n) is 2.11. The number of benzene rings is 1. The van der Waals surface area contributed by atoms with Gasteiger partial charge in [-0.1, -0.05) is 12.1 Å². The van der Waals surface area contributed by atoms with E-state index in [1.807, 2.05) is 0 Å². The van der Waals surface area contributed by atoms with Crippen LogP contribution in [0.1, 0.15) is 5.56 Å². The number of H-pyrrole nitrogens is 2. The molecule has 2 aromatic rings. The van der Waals surface area contributed by atoms with E-state index >= 15 is 0 Å². The van der Waals surface area contributed by atoms with E-state index in [0.29, 0.717) is 5.56 Å². The Hall–Kier alpha value is -2.13. The van der Waals surface area contributed by atoms with Crippen LogP contribution in [0, 0.1) is 19.7 Å². The average molecular weight is 281 g/mol. The van der Waals surface area contributed by atoms with Gasteiger partial charge in [0.2, 0.25) is 9.54 Å². The minimum atomic E-state index is -0.474. The van der Waals surface area contributed by atoms with Crippen molar-refractivity contribution in [3.8, 4) is 0 Å². The summed E-state index contributed by atoms with van der Waals surface area (Å²) in [4.78, 5) is 10.3. The molecule has 1 heterocycles. The molecule has 0 saturated heterocycles. The van der Waals surface area contributed by atoms with Gasteiger partial charge in [0, 0.05) is 6.07 Å². The van der Waals surface area contributed by atoms with Gasteiger partial charge in [-0.05, 0) is 30.5 Å². The van der Waals surface area contributed by atoms with E-state index in [2.05, 4.69) is 15.3 Å². The molecule has 0 fully saturated rings. The standard InChI is InChI=1S/C9H7N5O2S2/c15-14(16)7-4-2-1-3-6(7)5-10-13-8(17)11-12-9(13)18/h1-5H,(H,11,17)(H,12,18)/b10-5-. The lowest BCUT2D eigenvalue weighted by atomic mass is 10.2. The van der Waals surface area contributed by atoms with Gasteiger partial charge >= 0.3 is 0 Å². The first-order chi connectivity index (χ1) is 8.59. The van der Waals surface area contributed by atoms with Crippen molar-refractivity contribution in [2.45, 2.75) is 0 Å². The zero-order chi connectivity index (χ0) is 13.1. The van der Waals surface area contributed by atoms with Crippen molar-refractivity contribution >= 4 is 36.3 Å². The predicted molar refractivity (Wildman–Crippen MR) is 70.9 cm³/mol. The molecular weight excluding hydrogens is 274 g/mol. The molecule has 9 heteroatoms. The van der Waals surface area contributed by atoms with Gasteiger partial charge in [-0.15, -0.1) is 0 Å². The SMILES string of the molecule is O=[N+]([O-])c1ccccc1/C=N\n1c(=S)[nH][nH]c1=S. The van der Waals surface area contributed by atoms with Crippen molar-refractivity contribution in [1.29, 1.82) is 0 Å². The van der Waals surface area contributed by atoms with Gasteiger partial charge in [-0.2, -0.15) is 9.78 Å². The fourth-order valence-electron chi connectivity index (χ4n) is 1.29. The summed E-state index contributed by atoms with van der Waals surface area (Å²) in [5, 5.41) is 20.0. The molecule has 1 aromatic heterocycles. The molecular formula is C9H7N5O2S2. The summed E-state index contributed by atoms with van der Waals surface area (Å²) in [7, 11) is 0. The number of hydrogen-bond acceptors (Lipinski definition) is 5. The van der Waals surface area contributed by atoms with Crippen LogP contribution in [0.5, 0.6) is 0 Å². The fourth-order valence-corrected chi connectivity index (χ4v) is 1.73. The number of rotatable bonds is 3. The Balaban J connectivity index is 2.44. The van der Waals surface area contributed by atoms with Crippen LogP contribution < -0.4 is 0 Å². The number of aromatic amines is 2. The minimum absolute atomic E-state index is 0.0294. The number of nitro benzene ring substituents is 1. The van der Waals surface area contributed by atoms with Crippen molar-refractivity contribution in [1.82, 2.24) is 14.9 Å². The van der Waals surface area contributed by atoms with E-state index in [1.165, 1.54) is 17.0 Å². The number of aromatic nitrogens is 3. The molecule has 0 atom stereocenters. The maximum absolute atomic E-state index is 10.8. The van der Waals surface area contributed by atoms with Crippen molar-refractivity contribution in [2.24, 2.45) is 5.10 Å². The smallest absolute Gasteiger partial charge is 0.273 e. The van der Waals surface area contributed by atoms with Crippen LogP contribution in [0.4, 0.5) is 5.69 Å². The van der Waals surface area contributed by atoms with E-state index in [9.17, 15) is 10.1 Å². The first-order valence-corrected chi connectivity index (χ1v) is 5.58. The molecule has 92 valence electrons. The second-order valence-electron chi connectivity index (χ2n) is 3.23. The molecule has 0 saturated carbocycles. The zero-order valence-corrected chi connectivity index (χ0v) is 10.5. The van der Waals surface area contributed by atoms with Gasteiger partial charge < -0.3 is 0 Å². The molecule has 0 amide bonds. The van der Waals surface area contributed by atoms with Crippen LogP contribution in [0.15, 0.2) is 29.4 Å². The van der Waals surface area contributed by atoms with Gasteiger partial charge in [0.05, 0.1) is 16.7 Å². The van der Waals surface area contributed by atoms with Crippen molar-refractivity contribution in [3.63, 3.8) is 0 Å². The Morgan fingerprint density at radius 1 is 1.28 bits per heavy atom. The van der Waals surface area contributed by atoms with Gasteiger partial charge in [-0.3, -0.25) is 20.3 Å². The Bertz CT molecular complexity index is 699. The summed E-state index contributed by atoms with van der Waals surface area (Å²) in [6.07, 6.45) is 1.34. The lowest BCUT2D eigenvalue weighted by Gasteiger charge is -1.95. The van der Waals surface area contributed by atoms with Crippen molar-refractivity contribution < 1.29 is 4.92 Å². The molecule has 2 rings (SSSR count). The number of nitro groups is 1. The summed E-state index contributed by atoms with van der Waals surface area (Å²) in [5.74, 6) is 0. The highest BCUT2D eigenvalue weighted by Gasteiger charge is 2.09. The van der Waals surface area contributed by atoms with E-state index in [1.54, 1.807) is 18.2 Å². The lowest BCUT2D eigenvalue weighted by Crippen LogP contribution is -1.96. The highest BCUT2D eigenvalue weighted by atomic mass is 32.1. The number of nitrogens with zero attached hydrogens (tertiary/aromatic N) is 3. The Kier molecular flexibility index (Phi) is 3.44. The topological polar surface area (TPSA) is 92.0 Å². The highest BCUT2D eigenvalue weighted by molar-refractivity contribution is 7.72. The second kappa shape index (κ2) is 5.02. The van der Waals surface area contributed by atoms with E-state index in [0.717, 1.165) is 0 Å². The zero-order valence-electron chi connectivity index (χ0n) is 8.86. The molecule has 0 radical (unpaired) electrons. The largest absolute Gasteiger partial charge is 0.278 e. The van der Waals surface area contributed by atoms with Crippen LogP contribution >= 0.6 is 24.4 Å². The molecule has 0 bridgehead atoms. The molecule has 0 aliphatic heterocycles. The lowest BCUT2D eigenvalue weighted by molar-refractivity contribution is -0.385. The minimum Gasteiger partial charge on any atom is -0.273 e. The van der Waals surface area contributed by atoms with Crippen molar-refractivity contribution in [3.05, 3.63) is 49.5 Å². The van der Waals surface area contributed by atoms with E-state index in [-0.39, 0.29) is 15.2 Å². The molecule has 18 heavy (non-hydrogen) atoms. The quantitative estimate of drug-likeness (QED) is 0.391. The maximum Gasteiger partial charge on any atom is 0.278 e. The Labute approximate surface area is 111 Å². The Morgan fingerprint density at radius 2 is 1.89 bits per heavy atom. The molecule has 1 aromatic carbocycles. The molecule has 0 unspecified atom stereocenters. The van der Waals surface area contributed by atoms with Crippen LogP contribution in [-0.2, 0) is 0 Å². The third kappa shape index (κ3) is 2.41. The maximum atomic E-state index is 10.8. The summed E-state index contributed by atoms with van der Waals surface area (Å²) < 4.78 is 1.84. The van der Waals surface area contributed by atoms with Crippen molar-refractivity contribution in [2.75, 3.05) is 0 Å². The van der Waals surface area contributed by atoms with Crippen LogP contribution in [0.3, 0.4) is 0 Å². The first kappa shape index (κ1) is 12.3. The predicted octanol–water partition coefficient (Wildman–Crippen LogP) is 2.39. The first-order valence-electron chi connectivity index (χ1n) is 4.77. The van der Waals surface area contributed by atoms with Gasteiger partial charge in [0.25, 0.3) is 5.69 Å². The Morgan fingerprint density at radius 3 is 2.50 bits per heavy atom. The second-order valence-corrected chi connectivity index (χ2v) is 4.01. The van der Waals surface area contributed by atoms with Crippen LogP contribution in [0.25, 0.3) is 0 Å². The molecule has 2 N–H and O–H groups in total. The van der Waals surface area contributed by atoms with Gasteiger partial charge in [0.15, 0.2) is 0 Å². The summed E-state index contributed by atoms with van der Waals surface area (Å²) in [6, 6.07) is 6.26. The molecule has 0 spiro atoms. The number of para-hydroxylation sites is 1.